The Morgan fingerprint density at radius 3 is 2.62 bits per heavy atom. The molecule has 7 nitrogen and oxygen atoms in total. The predicted octanol–water partition coefficient (Wildman–Crippen LogP) is 2.59. The van der Waals surface area contributed by atoms with E-state index in [0.717, 1.165) is 12.3 Å². The summed E-state index contributed by atoms with van der Waals surface area (Å²) < 4.78 is 27.3. The molecule has 1 amide bonds. The van der Waals surface area contributed by atoms with Crippen molar-refractivity contribution < 1.29 is 13.6 Å². The van der Waals surface area contributed by atoms with Gasteiger partial charge in [-0.05, 0) is 18.2 Å². The molecule has 2 aromatic heterocycles. The molecule has 0 spiro atoms. The van der Waals surface area contributed by atoms with Crippen LogP contribution in [-0.2, 0) is 0 Å². The van der Waals surface area contributed by atoms with Gasteiger partial charge in [-0.2, -0.15) is 28.9 Å². The van der Waals surface area contributed by atoms with E-state index in [4.69, 9.17) is 0 Å². The number of halogens is 2. The number of anilines is 1. The van der Waals surface area contributed by atoms with Crippen molar-refractivity contribution >= 4 is 11.7 Å². The third kappa shape index (κ3) is 2.72. The maximum absolute atomic E-state index is 12.8. The summed E-state index contributed by atoms with van der Waals surface area (Å²) in [6, 6.07) is 11.9. The monoisotopic (exact) mass is 328 g/mol. The van der Waals surface area contributed by atoms with Crippen molar-refractivity contribution in [2.24, 2.45) is 0 Å². The second-order valence-corrected chi connectivity index (χ2v) is 4.66. The second kappa shape index (κ2) is 6.29. The van der Waals surface area contributed by atoms with Gasteiger partial charge in [-0.15, -0.1) is 0 Å². The first kappa shape index (κ1) is 15.4. The number of alkyl halides is 2. The largest absolute Gasteiger partial charge is 0.333 e. The molecule has 0 aliphatic carbocycles. The lowest BCUT2D eigenvalue weighted by atomic mass is 10.3. The molecule has 0 atom stereocenters. The summed E-state index contributed by atoms with van der Waals surface area (Å²) in [6.45, 7) is -2.95. The minimum Gasteiger partial charge on any atom is -0.304 e. The Kier molecular flexibility index (Phi) is 4.03. The van der Waals surface area contributed by atoms with Crippen LogP contribution in [0.25, 0.3) is 5.69 Å². The van der Waals surface area contributed by atoms with Crippen LogP contribution in [0.2, 0.25) is 0 Å². The zero-order valence-electron chi connectivity index (χ0n) is 12.1. The maximum Gasteiger partial charge on any atom is 0.333 e. The van der Waals surface area contributed by atoms with E-state index >= 15 is 0 Å². The first-order chi connectivity index (χ1) is 11.6. The lowest BCUT2D eigenvalue weighted by Gasteiger charge is -2.10. The van der Waals surface area contributed by atoms with Gasteiger partial charge >= 0.3 is 6.55 Å². The van der Waals surface area contributed by atoms with Crippen molar-refractivity contribution in [1.82, 2.24) is 19.6 Å². The van der Waals surface area contributed by atoms with E-state index in [2.05, 4.69) is 15.5 Å². The molecule has 9 heteroatoms. The van der Waals surface area contributed by atoms with Crippen LogP contribution in [0.1, 0.15) is 22.6 Å². The normalized spacial score (nSPS) is 10.6. The number of benzene rings is 1. The van der Waals surface area contributed by atoms with Crippen LogP contribution < -0.4 is 5.32 Å². The average molecular weight is 328 g/mol. The van der Waals surface area contributed by atoms with Crippen molar-refractivity contribution in [3.8, 4) is 11.8 Å². The lowest BCUT2D eigenvalue weighted by Crippen LogP contribution is -2.20. The molecule has 0 bridgehead atoms. The van der Waals surface area contributed by atoms with Crippen LogP contribution >= 0.6 is 0 Å². The molecular weight excluding hydrogens is 318 g/mol. The zero-order chi connectivity index (χ0) is 17.1. The fraction of sp³-hybridized carbons (Fsp3) is 0.0667. The van der Waals surface area contributed by atoms with E-state index in [1.54, 1.807) is 30.3 Å². The highest BCUT2D eigenvalue weighted by Crippen LogP contribution is 2.21. The Labute approximate surface area is 134 Å². The predicted molar refractivity (Wildman–Crippen MR) is 79.7 cm³/mol. The van der Waals surface area contributed by atoms with Gasteiger partial charge in [-0.25, -0.2) is 4.68 Å². The van der Waals surface area contributed by atoms with Gasteiger partial charge in [0, 0.05) is 6.20 Å². The van der Waals surface area contributed by atoms with E-state index in [-0.39, 0.29) is 17.1 Å². The Bertz CT molecular complexity index is 910. The fourth-order valence-corrected chi connectivity index (χ4v) is 2.14. The molecule has 0 saturated heterocycles. The number of carbonyl (C=O) groups is 1. The van der Waals surface area contributed by atoms with E-state index in [9.17, 15) is 18.8 Å². The summed E-state index contributed by atoms with van der Waals surface area (Å²) in [4.78, 5) is 12.3. The molecule has 3 aromatic rings. The number of nitrogens with zero attached hydrogens (tertiary/aromatic N) is 5. The van der Waals surface area contributed by atoms with Crippen LogP contribution in [0.4, 0.5) is 14.6 Å². The maximum atomic E-state index is 12.8. The third-order valence-corrected chi connectivity index (χ3v) is 3.21. The number of nitrogens with one attached hydrogen (secondary N) is 1. The van der Waals surface area contributed by atoms with Crippen LogP contribution in [-0.4, -0.2) is 25.5 Å². The van der Waals surface area contributed by atoms with Gasteiger partial charge in [-0.3, -0.25) is 4.79 Å². The number of hydrogen-bond acceptors (Lipinski definition) is 4. The Morgan fingerprint density at radius 1 is 1.21 bits per heavy atom. The first-order valence-electron chi connectivity index (χ1n) is 6.78. The molecule has 1 aromatic carbocycles. The van der Waals surface area contributed by atoms with Crippen LogP contribution in [0, 0.1) is 11.3 Å². The molecule has 0 radical (unpaired) electrons. The number of nitriles is 1. The molecule has 0 fully saturated rings. The van der Waals surface area contributed by atoms with E-state index in [1.165, 1.54) is 10.9 Å². The van der Waals surface area contributed by atoms with Gasteiger partial charge in [0.25, 0.3) is 5.91 Å². The molecule has 3 rings (SSSR count). The smallest absolute Gasteiger partial charge is 0.304 e. The minimum atomic E-state index is -2.95. The van der Waals surface area contributed by atoms with Crippen LogP contribution in [0.15, 0.2) is 48.8 Å². The Hall–Kier alpha value is -3.54. The van der Waals surface area contributed by atoms with Crippen molar-refractivity contribution in [3.05, 3.63) is 60.0 Å². The zero-order valence-corrected chi connectivity index (χ0v) is 12.1. The first-order valence-corrected chi connectivity index (χ1v) is 6.78. The summed E-state index contributed by atoms with van der Waals surface area (Å²) in [7, 11) is 0. The molecule has 0 unspecified atom stereocenters. The third-order valence-electron chi connectivity index (χ3n) is 3.21. The number of aromatic nitrogens is 4. The molecule has 0 saturated carbocycles. The summed E-state index contributed by atoms with van der Waals surface area (Å²) in [5.41, 5.74) is 0.390. The van der Waals surface area contributed by atoms with E-state index < -0.39 is 12.5 Å². The van der Waals surface area contributed by atoms with Crippen molar-refractivity contribution in [2.45, 2.75) is 6.55 Å². The highest BCUT2D eigenvalue weighted by molar-refractivity contribution is 6.03. The molecular formula is C15H10F2N6O. The molecule has 120 valence electrons. The lowest BCUT2D eigenvalue weighted by molar-refractivity contribution is 0.0520. The van der Waals surface area contributed by atoms with Crippen molar-refractivity contribution in [2.75, 3.05) is 5.32 Å². The number of para-hydroxylation sites is 1. The van der Waals surface area contributed by atoms with Gasteiger partial charge in [0.1, 0.15) is 17.3 Å². The molecule has 1 N–H and O–H groups in total. The molecule has 2 heterocycles. The summed E-state index contributed by atoms with van der Waals surface area (Å²) >= 11 is 0. The van der Waals surface area contributed by atoms with Crippen LogP contribution in [0.5, 0.6) is 0 Å². The quantitative estimate of drug-likeness (QED) is 0.797. The van der Waals surface area contributed by atoms with Gasteiger partial charge < -0.3 is 5.32 Å². The van der Waals surface area contributed by atoms with Gasteiger partial charge in [0.15, 0.2) is 5.82 Å². The van der Waals surface area contributed by atoms with Gasteiger partial charge in [0.2, 0.25) is 0 Å². The number of carbonyl (C=O) groups excluding carboxylic acids is 1. The van der Waals surface area contributed by atoms with Crippen LogP contribution in [0.3, 0.4) is 0 Å². The summed E-state index contributed by atoms with van der Waals surface area (Å²) in [6.07, 6.45) is 2.38. The standard InChI is InChI=1S/C15H10F2N6O/c16-15(17)23-12(6-7-19-23)14(24)21-13-10(8-18)9-20-22(13)11-4-2-1-3-5-11/h1-7,9,15H,(H,21,24). The summed E-state index contributed by atoms with van der Waals surface area (Å²) in [5.74, 6) is -0.724. The summed E-state index contributed by atoms with van der Waals surface area (Å²) in [5, 5.41) is 19.1. The number of hydrogen-bond donors (Lipinski definition) is 1. The van der Waals surface area contributed by atoms with Crippen molar-refractivity contribution in [3.63, 3.8) is 0 Å². The average Bonchev–Trinajstić information content (AvgIpc) is 3.22. The SMILES string of the molecule is N#Cc1cnn(-c2ccccc2)c1NC(=O)c1ccnn1C(F)F. The molecule has 0 aliphatic heterocycles. The number of amides is 1. The van der Waals surface area contributed by atoms with Gasteiger partial charge in [-0.1, -0.05) is 18.2 Å². The molecule has 24 heavy (non-hydrogen) atoms. The Balaban J connectivity index is 1.98. The van der Waals surface area contributed by atoms with E-state index in [1.807, 2.05) is 6.07 Å². The topological polar surface area (TPSA) is 88.5 Å². The Morgan fingerprint density at radius 2 is 1.96 bits per heavy atom. The fourth-order valence-electron chi connectivity index (χ4n) is 2.14. The minimum absolute atomic E-state index is 0.0933. The van der Waals surface area contributed by atoms with Gasteiger partial charge in [0.05, 0.1) is 11.9 Å². The number of rotatable bonds is 4. The highest BCUT2D eigenvalue weighted by atomic mass is 19.3. The molecule has 0 aliphatic rings. The highest BCUT2D eigenvalue weighted by Gasteiger charge is 2.21. The van der Waals surface area contributed by atoms with Crippen molar-refractivity contribution in [1.29, 1.82) is 5.26 Å². The second-order valence-electron chi connectivity index (χ2n) is 4.66. The van der Waals surface area contributed by atoms with E-state index in [0.29, 0.717) is 10.4 Å².